The summed E-state index contributed by atoms with van der Waals surface area (Å²) in [5.74, 6) is 4.04. The lowest BCUT2D eigenvalue weighted by molar-refractivity contribution is 0.582. The van der Waals surface area contributed by atoms with Gasteiger partial charge in [0.25, 0.3) is 0 Å². The minimum absolute atomic E-state index is 0.221. The van der Waals surface area contributed by atoms with Gasteiger partial charge in [0.1, 0.15) is 0 Å². The second-order valence-electron chi connectivity index (χ2n) is 29.7. The molecule has 522 valence electrons. The van der Waals surface area contributed by atoms with Crippen LogP contribution in [0.5, 0.6) is 0 Å². The summed E-state index contributed by atoms with van der Waals surface area (Å²) < 4.78 is 0. The first kappa shape index (κ1) is 86.4. The predicted molar refractivity (Wildman–Crippen MR) is 416 cm³/mol. The van der Waals surface area contributed by atoms with Gasteiger partial charge in [-0.05, 0) is 269 Å². The van der Waals surface area contributed by atoms with Crippen LogP contribution in [0, 0.1) is 90.0 Å². The van der Waals surface area contributed by atoms with E-state index >= 15 is 0 Å². The maximum atomic E-state index is 4.47. The Labute approximate surface area is 586 Å². The molecule has 9 nitrogen and oxygen atoms in total. The first-order valence-corrected chi connectivity index (χ1v) is 34.9. The monoisotopic (exact) mass is 1300 g/mol. The molecule has 0 saturated carbocycles. The van der Waals surface area contributed by atoms with Crippen molar-refractivity contribution in [1.82, 2.24) is 44.9 Å². The highest BCUT2D eigenvalue weighted by Crippen LogP contribution is 2.26. The van der Waals surface area contributed by atoms with Crippen LogP contribution in [0.3, 0.4) is 0 Å². The van der Waals surface area contributed by atoms with Gasteiger partial charge in [-0.15, -0.1) is 0 Å². The Morgan fingerprint density at radius 1 is 0.260 bits per heavy atom. The minimum Gasteiger partial charge on any atom is -0.264 e. The molecule has 0 amide bonds. The molecule has 9 aromatic heterocycles. The zero-order chi connectivity index (χ0) is 73.4. The SMILES string of the molecule is Cc1cc(C(C)C)c(C)cn1.Cc1cc(C)c(C(C)C)cn1.Cc1ccc(C(C)C)c(C)n1.Cc1ccc(C)c(C(C)C)n1.Cc1cccnc1C(C)C.Cc1ccncc1C(C)C.Cc1cnccc1C(C)(C)C.Cc1ncccc1C(C)(C)C.Cc1ncccc1C(C)C. The summed E-state index contributed by atoms with van der Waals surface area (Å²) in [4.78, 5) is 38.2. The Bertz CT molecular complexity index is 3380. The molecule has 0 bridgehead atoms. The van der Waals surface area contributed by atoms with Crippen LogP contribution in [-0.4, -0.2) is 44.9 Å². The molecule has 0 aromatic carbocycles. The number of hydrogen-bond acceptors (Lipinski definition) is 9. The third kappa shape index (κ3) is 32.4. The summed E-state index contributed by atoms with van der Waals surface area (Å²) in [6, 6.07) is 29.2. The fourth-order valence-corrected chi connectivity index (χ4v) is 11.0. The van der Waals surface area contributed by atoms with Gasteiger partial charge < -0.3 is 0 Å². The molecule has 0 unspecified atom stereocenters. The third-order valence-corrected chi connectivity index (χ3v) is 16.1. The molecule has 9 rings (SSSR count). The van der Waals surface area contributed by atoms with Gasteiger partial charge in [0.15, 0.2) is 0 Å². The summed E-state index contributed by atoms with van der Waals surface area (Å²) in [5.41, 5.74) is 28.2. The fraction of sp³-hybridized carbons (Fsp3) is 0.483. The largest absolute Gasteiger partial charge is 0.264 e. The summed E-state index contributed by atoms with van der Waals surface area (Å²) in [5, 5.41) is 0. The molecular formula is C87H129N9. The Morgan fingerprint density at radius 2 is 0.708 bits per heavy atom. The Balaban J connectivity index is 0.000000540. The minimum atomic E-state index is 0.221. The highest BCUT2D eigenvalue weighted by molar-refractivity contribution is 5.32. The van der Waals surface area contributed by atoms with Gasteiger partial charge in [0.2, 0.25) is 0 Å². The number of aryl methyl sites for hydroxylation is 13. The maximum Gasteiger partial charge on any atom is 0.0461 e. The standard InChI is InChI=1S/6C10H15N.3C9H13N/c1-7(2)10-5-9(4)11-6-8(10)3;1-7(2)10-6-11-9(4)5-8(10)3;1-8-7-11-6-5-9(8)10(2,3)4;1-8-9(10(2,3)4)6-5-7-11-8;1-7(2)10-6-5-8(3)11-9(10)4;1-7(2)10-8(3)5-6-9(4)11-10;1-7(2)9-6-10-5-4-8(9)3;1-7(2)9-5-4-6-10-8(9)3;1-7(2)9-8(3)5-4-6-10-9/h6*5-7H,1-4H3;3*4-7H,1-3H3. The lowest BCUT2D eigenvalue weighted by Crippen LogP contribution is -2.13. The second kappa shape index (κ2) is 42.8. The summed E-state index contributed by atoms with van der Waals surface area (Å²) in [6.45, 7) is 70.9. The van der Waals surface area contributed by atoms with E-state index in [9.17, 15) is 0 Å². The van der Waals surface area contributed by atoms with Crippen molar-refractivity contribution in [1.29, 1.82) is 0 Å². The van der Waals surface area contributed by atoms with E-state index in [2.05, 4.69) is 312 Å². The van der Waals surface area contributed by atoms with E-state index in [1.807, 2.05) is 102 Å². The Morgan fingerprint density at radius 3 is 1.11 bits per heavy atom. The quantitative estimate of drug-likeness (QED) is 0.154. The topological polar surface area (TPSA) is 116 Å². The van der Waals surface area contributed by atoms with E-state index in [4.69, 9.17) is 0 Å². The molecule has 0 aliphatic carbocycles. The highest BCUT2D eigenvalue weighted by Gasteiger charge is 2.17. The maximum absolute atomic E-state index is 4.47. The number of pyridine rings is 9. The van der Waals surface area contributed by atoms with E-state index in [-0.39, 0.29) is 10.8 Å². The molecule has 0 N–H and O–H groups in total. The molecule has 9 aromatic rings. The predicted octanol–water partition coefficient (Wildman–Crippen LogP) is 24.2. The van der Waals surface area contributed by atoms with Crippen molar-refractivity contribution in [3.8, 4) is 0 Å². The van der Waals surface area contributed by atoms with Crippen LogP contribution in [0.1, 0.15) is 303 Å². The number of aromatic nitrogens is 9. The van der Waals surface area contributed by atoms with E-state index < -0.39 is 0 Å². The van der Waals surface area contributed by atoms with Crippen LogP contribution in [0.4, 0.5) is 0 Å². The molecule has 0 spiro atoms. The molecule has 9 heteroatoms. The summed E-state index contributed by atoms with van der Waals surface area (Å²) in [7, 11) is 0. The fourth-order valence-electron chi connectivity index (χ4n) is 11.0. The van der Waals surface area contributed by atoms with Gasteiger partial charge in [-0.1, -0.05) is 169 Å². The van der Waals surface area contributed by atoms with Crippen LogP contribution < -0.4 is 0 Å². The molecule has 0 aliphatic heterocycles. The van der Waals surface area contributed by atoms with E-state index in [0.717, 1.165) is 34.2 Å². The normalized spacial score (nSPS) is 10.8. The Hall–Kier alpha value is -7.65. The highest BCUT2D eigenvalue weighted by atomic mass is 14.7. The molecule has 0 fully saturated rings. The van der Waals surface area contributed by atoms with Crippen molar-refractivity contribution in [2.75, 3.05) is 0 Å². The van der Waals surface area contributed by atoms with Crippen LogP contribution in [-0.2, 0) is 10.8 Å². The number of hydrogen-bond donors (Lipinski definition) is 0. The van der Waals surface area contributed by atoms with Gasteiger partial charge in [0, 0.05) is 107 Å². The van der Waals surface area contributed by atoms with Crippen molar-refractivity contribution in [2.45, 2.75) is 281 Å². The van der Waals surface area contributed by atoms with Gasteiger partial charge in [-0.3, -0.25) is 44.9 Å². The zero-order valence-corrected chi connectivity index (χ0v) is 66.3. The van der Waals surface area contributed by atoms with Crippen LogP contribution in [0.2, 0.25) is 0 Å². The van der Waals surface area contributed by atoms with E-state index in [1.54, 1.807) is 0 Å². The molecule has 0 radical (unpaired) electrons. The molecule has 9 heterocycles. The second-order valence-corrected chi connectivity index (χ2v) is 29.7. The van der Waals surface area contributed by atoms with E-state index in [0.29, 0.717) is 41.4 Å². The Kier molecular flexibility index (Phi) is 38.5. The van der Waals surface area contributed by atoms with Crippen molar-refractivity contribution in [3.05, 3.63) is 264 Å². The van der Waals surface area contributed by atoms with E-state index in [1.165, 1.54) is 89.4 Å². The van der Waals surface area contributed by atoms with Gasteiger partial charge in [-0.25, -0.2) is 0 Å². The van der Waals surface area contributed by atoms with Crippen molar-refractivity contribution in [2.24, 2.45) is 0 Å². The molecule has 96 heavy (non-hydrogen) atoms. The van der Waals surface area contributed by atoms with Crippen molar-refractivity contribution < 1.29 is 0 Å². The molecule has 0 saturated heterocycles. The lowest BCUT2D eigenvalue weighted by atomic mass is 9.85. The first-order valence-electron chi connectivity index (χ1n) is 34.9. The van der Waals surface area contributed by atoms with Gasteiger partial charge in [0.05, 0.1) is 0 Å². The zero-order valence-electron chi connectivity index (χ0n) is 66.3. The number of rotatable bonds is 7. The average Bonchev–Trinajstić information content (AvgIpc) is 1.25. The van der Waals surface area contributed by atoms with Crippen LogP contribution in [0.15, 0.2) is 141 Å². The van der Waals surface area contributed by atoms with Crippen LogP contribution in [0.25, 0.3) is 0 Å². The first-order chi connectivity index (χ1) is 44.6. The lowest BCUT2D eigenvalue weighted by Gasteiger charge is -2.20. The van der Waals surface area contributed by atoms with Crippen LogP contribution >= 0.6 is 0 Å². The molecule has 0 aliphatic rings. The third-order valence-electron chi connectivity index (χ3n) is 16.1. The summed E-state index contributed by atoms with van der Waals surface area (Å²) in [6.07, 6.45) is 17.0. The average molecular weight is 1300 g/mol. The van der Waals surface area contributed by atoms with Gasteiger partial charge >= 0.3 is 0 Å². The van der Waals surface area contributed by atoms with Crippen molar-refractivity contribution >= 4 is 0 Å². The smallest absolute Gasteiger partial charge is 0.0461 e. The number of nitrogens with zero attached hydrogens (tertiary/aromatic N) is 9. The molecule has 0 atom stereocenters. The summed E-state index contributed by atoms with van der Waals surface area (Å²) >= 11 is 0. The van der Waals surface area contributed by atoms with Crippen molar-refractivity contribution in [3.63, 3.8) is 0 Å². The van der Waals surface area contributed by atoms with Gasteiger partial charge in [-0.2, -0.15) is 0 Å². The molecular weight excluding hydrogens is 1170 g/mol.